The lowest BCUT2D eigenvalue weighted by Crippen LogP contribution is -2.04. The number of alkyl halides is 3. The molecule has 0 saturated heterocycles. The summed E-state index contributed by atoms with van der Waals surface area (Å²) in [4.78, 5) is 4.14. The molecule has 0 aliphatic heterocycles. The standard InChI is InChI=1S/C21H17F3N4O3S/c1-12-6-7-13(2)16(8-12)29-10-17-26-27-20(30-17)32-11-18-25-19(28-31-18)14-4-3-5-15(9-14)21(22,23)24/h3-9H,10-11H2,1-2H3. The Morgan fingerprint density at radius 2 is 1.88 bits per heavy atom. The molecule has 0 saturated carbocycles. The molecule has 4 aromatic rings. The molecule has 2 aromatic heterocycles. The van der Waals surface area contributed by atoms with Gasteiger partial charge in [-0.1, -0.05) is 41.2 Å². The van der Waals surface area contributed by atoms with Gasteiger partial charge in [0.15, 0.2) is 6.61 Å². The maximum absolute atomic E-state index is 12.9. The number of aromatic nitrogens is 4. The number of hydrogen-bond acceptors (Lipinski definition) is 8. The maximum Gasteiger partial charge on any atom is 0.416 e. The molecule has 0 atom stereocenters. The second-order valence-electron chi connectivity index (χ2n) is 6.90. The van der Waals surface area contributed by atoms with Gasteiger partial charge in [0, 0.05) is 5.56 Å². The molecule has 0 fully saturated rings. The van der Waals surface area contributed by atoms with Crippen molar-refractivity contribution in [1.82, 2.24) is 20.3 Å². The minimum Gasteiger partial charge on any atom is -0.484 e. The number of nitrogens with zero attached hydrogens (tertiary/aromatic N) is 4. The zero-order chi connectivity index (χ0) is 22.7. The topological polar surface area (TPSA) is 87.1 Å². The summed E-state index contributed by atoms with van der Waals surface area (Å²) < 4.78 is 55.1. The van der Waals surface area contributed by atoms with Gasteiger partial charge >= 0.3 is 6.18 Å². The van der Waals surface area contributed by atoms with Crippen LogP contribution in [0.25, 0.3) is 11.4 Å². The van der Waals surface area contributed by atoms with E-state index in [0.29, 0.717) is 5.89 Å². The minimum absolute atomic E-state index is 0.0693. The highest BCUT2D eigenvalue weighted by Crippen LogP contribution is 2.32. The Labute approximate surface area is 185 Å². The lowest BCUT2D eigenvalue weighted by atomic mass is 10.1. The first-order chi connectivity index (χ1) is 15.3. The molecule has 0 radical (unpaired) electrons. The van der Waals surface area contributed by atoms with Crippen LogP contribution in [-0.4, -0.2) is 20.3 Å². The molecule has 166 valence electrons. The minimum atomic E-state index is -4.45. The fourth-order valence-electron chi connectivity index (χ4n) is 2.75. The van der Waals surface area contributed by atoms with E-state index in [1.807, 2.05) is 32.0 Å². The second kappa shape index (κ2) is 9.03. The average molecular weight is 462 g/mol. The normalized spacial score (nSPS) is 11.7. The zero-order valence-corrected chi connectivity index (χ0v) is 17.8. The van der Waals surface area contributed by atoms with Gasteiger partial charge in [-0.05, 0) is 43.2 Å². The largest absolute Gasteiger partial charge is 0.484 e. The molecule has 4 rings (SSSR count). The van der Waals surface area contributed by atoms with Crippen LogP contribution in [0.1, 0.15) is 28.5 Å². The van der Waals surface area contributed by atoms with E-state index in [9.17, 15) is 13.2 Å². The van der Waals surface area contributed by atoms with Crippen LogP contribution in [0, 0.1) is 13.8 Å². The van der Waals surface area contributed by atoms with Crippen molar-refractivity contribution in [2.45, 2.75) is 37.6 Å². The first kappa shape index (κ1) is 21.9. The van der Waals surface area contributed by atoms with Gasteiger partial charge < -0.3 is 13.7 Å². The molecular weight excluding hydrogens is 445 g/mol. The average Bonchev–Trinajstić information content (AvgIpc) is 3.42. The molecular formula is C21H17F3N4O3S. The van der Waals surface area contributed by atoms with E-state index in [1.54, 1.807) is 0 Å². The van der Waals surface area contributed by atoms with Crippen molar-refractivity contribution in [2.24, 2.45) is 0 Å². The third kappa shape index (κ3) is 5.28. The van der Waals surface area contributed by atoms with Crippen LogP contribution in [0.3, 0.4) is 0 Å². The van der Waals surface area contributed by atoms with Crippen LogP contribution in [0.2, 0.25) is 0 Å². The monoisotopic (exact) mass is 462 g/mol. The van der Waals surface area contributed by atoms with E-state index in [2.05, 4.69) is 20.3 Å². The van der Waals surface area contributed by atoms with Crippen molar-refractivity contribution in [3.8, 4) is 17.1 Å². The van der Waals surface area contributed by atoms with Gasteiger partial charge in [-0.25, -0.2) is 0 Å². The molecule has 0 aliphatic rings. The Hall–Kier alpha value is -3.34. The van der Waals surface area contributed by atoms with Gasteiger partial charge in [-0.15, -0.1) is 10.2 Å². The molecule has 2 heterocycles. The first-order valence-electron chi connectivity index (χ1n) is 9.43. The summed E-state index contributed by atoms with van der Waals surface area (Å²) in [5.41, 5.74) is 1.51. The summed E-state index contributed by atoms with van der Waals surface area (Å²) >= 11 is 1.17. The van der Waals surface area contributed by atoms with Crippen molar-refractivity contribution >= 4 is 11.8 Å². The van der Waals surface area contributed by atoms with Crippen molar-refractivity contribution in [2.75, 3.05) is 0 Å². The summed E-state index contributed by atoms with van der Waals surface area (Å²) in [6.07, 6.45) is -4.45. The van der Waals surface area contributed by atoms with E-state index >= 15 is 0 Å². The first-order valence-corrected chi connectivity index (χ1v) is 10.4. The molecule has 7 nitrogen and oxygen atoms in total. The van der Waals surface area contributed by atoms with Gasteiger partial charge in [-0.3, -0.25) is 0 Å². The number of halogens is 3. The molecule has 0 spiro atoms. The Morgan fingerprint density at radius 3 is 2.69 bits per heavy atom. The van der Waals surface area contributed by atoms with Gasteiger partial charge in [0.25, 0.3) is 11.1 Å². The molecule has 32 heavy (non-hydrogen) atoms. The Bertz CT molecular complexity index is 1220. The number of rotatable bonds is 7. The number of aryl methyl sites for hydroxylation is 2. The van der Waals surface area contributed by atoms with Crippen LogP contribution in [-0.2, 0) is 18.5 Å². The lowest BCUT2D eigenvalue weighted by Gasteiger charge is -2.07. The summed E-state index contributed by atoms with van der Waals surface area (Å²) in [6, 6.07) is 10.6. The second-order valence-corrected chi connectivity index (χ2v) is 7.82. The van der Waals surface area contributed by atoms with Crippen LogP contribution in [0.5, 0.6) is 5.75 Å². The summed E-state index contributed by atoms with van der Waals surface area (Å²) in [5, 5.41) is 11.9. The van der Waals surface area contributed by atoms with Gasteiger partial charge in [0.1, 0.15) is 5.75 Å². The summed E-state index contributed by atoms with van der Waals surface area (Å²) in [6.45, 7) is 4.05. The number of benzene rings is 2. The molecule has 0 unspecified atom stereocenters. The highest BCUT2D eigenvalue weighted by atomic mass is 32.2. The van der Waals surface area contributed by atoms with E-state index in [1.165, 1.54) is 23.9 Å². The molecule has 0 N–H and O–H groups in total. The summed E-state index contributed by atoms with van der Waals surface area (Å²) in [7, 11) is 0. The molecule has 2 aromatic carbocycles. The Morgan fingerprint density at radius 1 is 1.03 bits per heavy atom. The van der Waals surface area contributed by atoms with Crippen molar-refractivity contribution in [3.63, 3.8) is 0 Å². The highest BCUT2D eigenvalue weighted by Gasteiger charge is 2.30. The molecule has 11 heteroatoms. The van der Waals surface area contributed by atoms with Crippen molar-refractivity contribution in [1.29, 1.82) is 0 Å². The number of ether oxygens (including phenoxy) is 1. The van der Waals surface area contributed by atoms with Gasteiger partial charge in [0.05, 0.1) is 11.3 Å². The third-order valence-electron chi connectivity index (χ3n) is 4.38. The number of thioether (sulfide) groups is 1. The van der Waals surface area contributed by atoms with E-state index in [-0.39, 0.29) is 34.9 Å². The van der Waals surface area contributed by atoms with Crippen molar-refractivity contribution in [3.05, 3.63) is 70.9 Å². The van der Waals surface area contributed by atoms with E-state index in [4.69, 9.17) is 13.7 Å². The lowest BCUT2D eigenvalue weighted by molar-refractivity contribution is -0.137. The molecule has 0 bridgehead atoms. The fourth-order valence-corrected chi connectivity index (χ4v) is 3.36. The zero-order valence-electron chi connectivity index (χ0n) is 17.0. The quantitative estimate of drug-likeness (QED) is 0.327. The predicted octanol–water partition coefficient (Wildman–Crippen LogP) is 5.63. The number of hydrogen-bond donors (Lipinski definition) is 0. The smallest absolute Gasteiger partial charge is 0.416 e. The summed E-state index contributed by atoms with van der Waals surface area (Å²) in [5.74, 6) is 1.55. The SMILES string of the molecule is Cc1ccc(C)c(OCc2nnc(SCc3nc(-c4cccc(C(F)(F)F)c4)no3)o2)c1. The maximum atomic E-state index is 12.9. The van der Waals surface area contributed by atoms with Crippen LogP contribution < -0.4 is 4.74 Å². The molecule has 0 aliphatic carbocycles. The Balaban J connectivity index is 1.35. The van der Waals surface area contributed by atoms with Crippen LogP contribution in [0.4, 0.5) is 13.2 Å². The van der Waals surface area contributed by atoms with Crippen LogP contribution in [0.15, 0.2) is 56.6 Å². The van der Waals surface area contributed by atoms with Gasteiger partial charge in [0.2, 0.25) is 11.7 Å². The third-order valence-corrected chi connectivity index (χ3v) is 5.18. The van der Waals surface area contributed by atoms with Crippen LogP contribution >= 0.6 is 11.8 Å². The van der Waals surface area contributed by atoms with Crippen molar-refractivity contribution < 1.29 is 26.8 Å². The van der Waals surface area contributed by atoms with E-state index in [0.717, 1.165) is 29.0 Å². The predicted molar refractivity (Wildman–Crippen MR) is 109 cm³/mol. The van der Waals surface area contributed by atoms with E-state index < -0.39 is 11.7 Å². The van der Waals surface area contributed by atoms with Gasteiger partial charge in [-0.2, -0.15) is 18.2 Å². The fraction of sp³-hybridized carbons (Fsp3) is 0.238. The highest BCUT2D eigenvalue weighted by molar-refractivity contribution is 7.98. The molecule has 0 amide bonds. The Kier molecular flexibility index (Phi) is 6.17.